The lowest BCUT2D eigenvalue weighted by Crippen LogP contribution is -2.34. The molecule has 0 saturated carbocycles. The lowest BCUT2D eigenvalue weighted by atomic mass is 10.1. The number of rotatable bonds is 3. The predicted octanol–water partition coefficient (Wildman–Crippen LogP) is 1.89. The third kappa shape index (κ3) is 2.58. The molecule has 1 heterocycles. The molecular weight excluding hydrogens is 270 g/mol. The minimum atomic E-state index is -4.84. The van der Waals surface area contributed by atoms with Gasteiger partial charge < -0.3 is 0 Å². The second kappa shape index (κ2) is 4.61. The van der Waals surface area contributed by atoms with Gasteiger partial charge in [-0.3, -0.25) is 19.2 Å². The van der Waals surface area contributed by atoms with Crippen molar-refractivity contribution in [1.82, 2.24) is 0 Å². The fourth-order valence-corrected chi connectivity index (χ4v) is 1.78. The Labute approximate surface area is 104 Å². The first kappa shape index (κ1) is 13.5. The number of Topliss-reactive ketones (excluding diaryl/α,β-unsaturated/α-hetero) is 1. The van der Waals surface area contributed by atoms with E-state index in [1.165, 1.54) is 12.1 Å². The van der Waals surface area contributed by atoms with Crippen LogP contribution in [0.1, 0.15) is 10.4 Å². The van der Waals surface area contributed by atoms with Gasteiger partial charge in [-0.1, -0.05) is 6.07 Å². The molecule has 0 bridgehead atoms. The van der Waals surface area contributed by atoms with Crippen LogP contribution < -0.4 is 4.90 Å². The molecule has 1 amide bonds. The average molecular weight is 277 g/mol. The van der Waals surface area contributed by atoms with Crippen LogP contribution in [0, 0.1) is 5.82 Å². The van der Waals surface area contributed by atoms with Gasteiger partial charge in [0, 0.05) is 0 Å². The predicted molar refractivity (Wildman–Crippen MR) is 55.1 cm³/mol. The first-order chi connectivity index (χ1) is 8.81. The Morgan fingerprint density at radius 1 is 1.21 bits per heavy atom. The van der Waals surface area contributed by atoms with E-state index in [4.69, 9.17) is 0 Å². The number of carbonyl (C=O) groups is 2. The number of anilines is 1. The molecule has 4 nitrogen and oxygen atoms in total. The summed E-state index contributed by atoms with van der Waals surface area (Å²) in [5.74, 6) is -2.85. The van der Waals surface area contributed by atoms with Gasteiger partial charge >= 0.3 is 6.36 Å². The summed E-state index contributed by atoms with van der Waals surface area (Å²) in [7, 11) is 0. The number of fused-ring (bicyclic) bond motifs is 1. The standard InChI is InChI=1S/C11H7F4NO3/c12-7-3-1-2-6-8(7)16(10(18)9(6)17)4-5-19-11(13,14)15/h1-3H,4-5H2. The van der Waals surface area contributed by atoms with Crippen LogP contribution in [0.25, 0.3) is 0 Å². The molecule has 0 aromatic heterocycles. The largest absolute Gasteiger partial charge is 0.522 e. The number of alkyl halides is 3. The Morgan fingerprint density at radius 3 is 2.53 bits per heavy atom. The molecule has 0 spiro atoms. The van der Waals surface area contributed by atoms with Crippen molar-refractivity contribution in [2.75, 3.05) is 18.1 Å². The van der Waals surface area contributed by atoms with Crippen LogP contribution in [-0.4, -0.2) is 31.2 Å². The van der Waals surface area contributed by atoms with Crippen LogP contribution in [0.15, 0.2) is 18.2 Å². The second-order valence-electron chi connectivity index (χ2n) is 3.72. The fraction of sp³-hybridized carbons (Fsp3) is 0.273. The topological polar surface area (TPSA) is 46.6 Å². The highest BCUT2D eigenvalue weighted by atomic mass is 19.4. The van der Waals surface area contributed by atoms with Crippen molar-refractivity contribution in [3.05, 3.63) is 29.6 Å². The number of hydrogen-bond acceptors (Lipinski definition) is 3. The van der Waals surface area contributed by atoms with E-state index in [0.29, 0.717) is 4.90 Å². The normalized spacial score (nSPS) is 15.1. The lowest BCUT2D eigenvalue weighted by Gasteiger charge is -2.17. The maximum absolute atomic E-state index is 13.5. The molecule has 2 rings (SSSR count). The molecule has 1 aromatic rings. The Balaban J connectivity index is 2.19. The minimum absolute atomic E-state index is 0.156. The molecule has 102 valence electrons. The monoisotopic (exact) mass is 277 g/mol. The first-order valence-corrected chi connectivity index (χ1v) is 5.16. The second-order valence-corrected chi connectivity index (χ2v) is 3.72. The number of ketones is 1. The molecule has 1 aromatic carbocycles. The summed E-state index contributed by atoms with van der Waals surface area (Å²) in [5.41, 5.74) is -0.458. The van der Waals surface area contributed by atoms with Gasteiger partial charge in [0.15, 0.2) is 0 Å². The van der Waals surface area contributed by atoms with E-state index >= 15 is 0 Å². The minimum Gasteiger partial charge on any atom is -0.300 e. The van der Waals surface area contributed by atoms with E-state index in [9.17, 15) is 27.2 Å². The van der Waals surface area contributed by atoms with Crippen molar-refractivity contribution in [2.45, 2.75) is 6.36 Å². The number of hydrogen-bond donors (Lipinski definition) is 0. The summed E-state index contributed by atoms with van der Waals surface area (Å²) in [6, 6.07) is 3.50. The maximum atomic E-state index is 13.5. The summed E-state index contributed by atoms with van der Waals surface area (Å²) >= 11 is 0. The van der Waals surface area contributed by atoms with Gasteiger partial charge in [-0.05, 0) is 12.1 Å². The average Bonchev–Trinajstić information content (AvgIpc) is 2.54. The van der Waals surface area contributed by atoms with Crippen molar-refractivity contribution >= 4 is 17.4 Å². The van der Waals surface area contributed by atoms with Crippen molar-refractivity contribution in [3.8, 4) is 0 Å². The molecule has 0 atom stereocenters. The van der Waals surface area contributed by atoms with Gasteiger partial charge in [0.25, 0.3) is 11.7 Å². The summed E-state index contributed by atoms with van der Waals surface area (Å²) in [4.78, 5) is 23.7. The van der Waals surface area contributed by atoms with Crippen LogP contribution in [0.4, 0.5) is 23.2 Å². The molecule has 8 heteroatoms. The van der Waals surface area contributed by atoms with Gasteiger partial charge in [-0.25, -0.2) is 4.39 Å². The molecule has 0 fully saturated rings. The van der Waals surface area contributed by atoms with Gasteiger partial charge in [-0.2, -0.15) is 0 Å². The number of para-hydroxylation sites is 1. The quantitative estimate of drug-likeness (QED) is 0.626. The maximum Gasteiger partial charge on any atom is 0.522 e. The zero-order valence-electron chi connectivity index (χ0n) is 9.33. The molecule has 19 heavy (non-hydrogen) atoms. The SMILES string of the molecule is O=C1C(=O)N(CCOC(F)(F)F)c2c(F)cccc21. The third-order valence-corrected chi connectivity index (χ3v) is 2.52. The number of halogens is 4. The summed E-state index contributed by atoms with van der Waals surface area (Å²) in [6.07, 6.45) is -4.84. The van der Waals surface area contributed by atoms with E-state index in [-0.39, 0.29) is 11.3 Å². The zero-order valence-corrected chi connectivity index (χ0v) is 9.33. The molecule has 0 aliphatic carbocycles. The summed E-state index contributed by atoms with van der Waals surface area (Å²) < 4.78 is 52.5. The highest BCUT2D eigenvalue weighted by Gasteiger charge is 2.38. The van der Waals surface area contributed by atoms with Crippen LogP contribution in [-0.2, 0) is 9.53 Å². The molecular formula is C11H7F4NO3. The van der Waals surface area contributed by atoms with E-state index < -0.39 is 37.0 Å². The summed E-state index contributed by atoms with van der Waals surface area (Å²) in [5, 5.41) is 0. The Hall–Kier alpha value is -1.96. The first-order valence-electron chi connectivity index (χ1n) is 5.16. The van der Waals surface area contributed by atoms with Crippen LogP contribution in [0.5, 0.6) is 0 Å². The molecule has 0 N–H and O–H groups in total. The smallest absolute Gasteiger partial charge is 0.300 e. The third-order valence-electron chi connectivity index (χ3n) is 2.52. The van der Waals surface area contributed by atoms with E-state index in [1.54, 1.807) is 0 Å². The zero-order chi connectivity index (χ0) is 14.2. The van der Waals surface area contributed by atoms with Crippen molar-refractivity contribution < 1.29 is 31.9 Å². The number of carbonyl (C=O) groups excluding carboxylic acids is 2. The number of benzene rings is 1. The van der Waals surface area contributed by atoms with Gasteiger partial charge in [0.2, 0.25) is 0 Å². The van der Waals surface area contributed by atoms with Gasteiger partial charge in [0.1, 0.15) is 5.82 Å². The number of nitrogens with zero attached hydrogens (tertiary/aromatic N) is 1. The number of amides is 1. The van der Waals surface area contributed by atoms with E-state index in [1.807, 2.05) is 0 Å². The lowest BCUT2D eigenvalue weighted by molar-refractivity contribution is -0.323. The highest BCUT2D eigenvalue weighted by Crippen LogP contribution is 2.31. The number of ether oxygens (including phenoxy) is 1. The Bertz CT molecular complexity index is 541. The van der Waals surface area contributed by atoms with E-state index in [0.717, 1.165) is 6.07 Å². The fourth-order valence-electron chi connectivity index (χ4n) is 1.78. The molecule has 1 aliphatic rings. The highest BCUT2D eigenvalue weighted by molar-refractivity contribution is 6.52. The summed E-state index contributed by atoms with van der Waals surface area (Å²) in [6.45, 7) is -1.44. The van der Waals surface area contributed by atoms with Gasteiger partial charge in [-0.15, -0.1) is 13.2 Å². The van der Waals surface area contributed by atoms with Crippen molar-refractivity contribution in [3.63, 3.8) is 0 Å². The van der Waals surface area contributed by atoms with E-state index in [2.05, 4.69) is 4.74 Å². The van der Waals surface area contributed by atoms with Crippen molar-refractivity contribution in [2.24, 2.45) is 0 Å². The molecule has 0 saturated heterocycles. The van der Waals surface area contributed by atoms with Crippen LogP contribution in [0.3, 0.4) is 0 Å². The van der Waals surface area contributed by atoms with Gasteiger partial charge in [0.05, 0.1) is 24.4 Å². The molecule has 0 unspecified atom stereocenters. The van der Waals surface area contributed by atoms with Crippen molar-refractivity contribution in [1.29, 1.82) is 0 Å². The Morgan fingerprint density at radius 2 is 1.89 bits per heavy atom. The van der Waals surface area contributed by atoms with Crippen LogP contribution in [0.2, 0.25) is 0 Å². The molecule has 0 radical (unpaired) electrons. The molecule has 1 aliphatic heterocycles. The van der Waals surface area contributed by atoms with Crippen LogP contribution >= 0.6 is 0 Å². The Kier molecular flexibility index (Phi) is 3.27.